The minimum absolute atomic E-state index is 0.325. The number of aromatic nitrogens is 5. The van der Waals surface area contributed by atoms with Crippen LogP contribution in [0.15, 0.2) is 73.1 Å². The van der Waals surface area contributed by atoms with Crippen LogP contribution in [-0.4, -0.2) is 31.6 Å². The third kappa shape index (κ3) is 3.33. The van der Waals surface area contributed by atoms with Gasteiger partial charge in [0.25, 0.3) is 0 Å². The highest BCUT2D eigenvalue weighted by Gasteiger charge is 2.14. The molecule has 25 heavy (non-hydrogen) atoms. The second kappa shape index (κ2) is 7.09. The molecule has 0 unspecified atom stereocenters. The van der Waals surface area contributed by atoms with Crippen molar-refractivity contribution in [2.75, 3.05) is 11.9 Å². The molecule has 4 aromatic rings. The topological polar surface area (TPSA) is 68.0 Å². The van der Waals surface area contributed by atoms with Gasteiger partial charge in [-0.2, -0.15) is 4.52 Å². The molecule has 2 aromatic heterocycles. The van der Waals surface area contributed by atoms with Gasteiger partial charge >= 0.3 is 0 Å². The Morgan fingerprint density at radius 3 is 2.28 bits per heavy atom. The highest BCUT2D eigenvalue weighted by atomic mass is 15.5. The van der Waals surface area contributed by atoms with Crippen LogP contribution in [0.1, 0.15) is 23.5 Å². The van der Waals surface area contributed by atoms with E-state index in [9.17, 15) is 0 Å². The van der Waals surface area contributed by atoms with Gasteiger partial charge in [0.2, 0.25) is 5.65 Å². The van der Waals surface area contributed by atoms with Crippen LogP contribution in [-0.2, 0) is 0 Å². The number of hydrogen-bond acceptors (Lipinski definition) is 5. The number of nitrogens with zero attached hydrogens (tertiary/aromatic N) is 5. The lowest BCUT2D eigenvalue weighted by molar-refractivity contribution is 0.742. The van der Waals surface area contributed by atoms with Crippen LogP contribution < -0.4 is 5.32 Å². The number of tetrazole rings is 1. The second-order valence-electron chi connectivity index (χ2n) is 5.81. The number of nitrogens with one attached hydrogen (secondary N) is 1. The van der Waals surface area contributed by atoms with Crippen molar-refractivity contribution in [3.05, 3.63) is 84.2 Å². The summed E-state index contributed by atoms with van der Waals surface area (Å²) in [5.41, 5.74) is 3.26. The lowest BCUT2D eigenvalue weighted by Gasteiger charge is -2.18. The average molecular weight is 330 g/mol. The van der Waals surface area contributed by atoms with E-state index in [1.54, 1.807) is 16.9 Å². The standard InChI is InChI=1S/C19H18N6/c1-3-7-15(8-4-1)17(16-9-5-2-6-10-16)11-12-20-18-19-22-23-24-25(19)14-13-21-18/h1-10,13-14,17H,11-12H2,(H,20,21). The molecule has 0 saturated heterocycles. The van der Waals surface area contributed by atoms with Crippen LogP contribution >= 0.6 is 0 Å². The van der Waals surface area contributed by atoms with Gasteiger partial charge in [-0.25, -0.2) is 4.98 Å². The Hall–Kier alpha value is -3.28. The molecule has 0 aliphatic carbocycles. The van der Waals surface area contributed by atoms with Crippen LogP contribution in [0.5, 0.6) is 0 Å². The number of hydrogen-bond donors (Lipinski definition) is 1. The summed E-state index contributed by atoms with van der Waals surface area (Å²) in [5, 5.41) is 15.0. The maximum absolute atomic E-state index is 4.35. The van der Waals surface area contributed by atoms with Crippen molar-refractivity contribution in [1.29, 1.82) is 0 Å². The lowest BCUT2D eigenvalue weighted by Crippen LogP contribution is -2.11. The molecule has 0 saturated carbocycles. The fraction of sp³-hybridized carbons (Fsp3) is 0.158. The summed E-state index contributed by atoms with van der Waals surface area (Å²) >= 11 is 0. The molecule has 0 bridgehead atoms. The Morgan fingerprint density at radius 2 is 1.60 bits per heavy atom. The van der Waals surface area contributed by atoms with Crippen molar-refractivity contribution in [3.63, 3.8) is 0 Å². The molecular formula is C19H18N6. The molecule has 1 N–H and O–H groups in total. The van der Waals surface area contributed by atoms with Gasteiger partial charge in [0.05, 0.1) is 6.20 Å². The van der Waals surface area contributed by atoms with Gasteiger partial charge in [0.15, 0.2) is 5.82 Å². The summed E-state index contributed by atoms with van der Waals surface area (Å²) in [6.45, 7) is 0.772. The van der Waals surface area contributed by atoms with Crippen molar-refractivity contribution in [2.24, 2.45) is 0 Å². The number of rotatable bonds is 6. The Balaban J connectivity index is 1.53. The molecule has 6 heteroatoms. The third-order valence-corrected chi connectivity index (χ3v) is 4.25. The van der Waals surface area contributed by atoms with Crippen LogP contribution in [0.2, 0.25) is 0 Å². The van der Waals surface area contributed by atoms with E-state index in [0.29, 0.717) is 17.4 Å². The van der Waals surface area contributed by atoms with Gasteiger partial charge in [-0.3, -0.25) is 0 Å². The first-order chi connectivity index (χ1) is 12.4. The fourth-order valence-corrected chi connectivity index (χ4v) is 3.03. The predicted molar refractivity (Wildman–Crippen MR) is 96.4 cm³/mol. The fourth-order valence-electron chi connectivity index (χ4n) is 3.03. The highest BCUT2D eigenvalue weighted by Crippen LogP contribution is 2.27. The maximum Gasteiger partial charge on any atom is 0.221 e. The second-order valence-corrected chi connectivity index (χ2v) is 5.81. The smallest absolute Gasteiger partial charge is 0.221 e. The highest BCUT2D eigenvalue weighted by molar-refractivity contribution is 5.60. The molecule has 124 valence electrons. The van der Waals surface area contributed by atoms with Crippen molar-refractivity contribution < 1.29 is 0 Å². The normalized spacial score (nSPS) is 11.1. The van der Waals surface area contributed by atoms with Gasteiger partial charge < -0.3 is 5.32 Å². The molecule has 0 aliphatic heterocycles. The molecule has 0 spiro atoms. The summed E-state index contributed by atoms with van der Waals surface area (Å²) in [7, 11) is 0. The van der Waals surface area contributed by atoms with Crippen molar-refractivity contribution in [3.8, 4) is 0 Å². The average Bonchev–Trinajstić information content (AvgIpc) is 3.16. The summed E-state index contributed by atoms with van der Waals surface area (Å²) < 4.78 is 1.61. The summed E-state index contributed by atoms with van der Waals surface area (Å²) in [4.78, 5) is 4.35. The zero-order valence-corrected chi connectivity index (χ0v) is 13.7. The molecular weight excluding hydrogens is 312 g/mol. The largest absolute Gasteiger partial charge is 0.367 e. The number of anilines is 1. The van der Waals surface area contributed by atoms with E-state index in [-0.39, 0.29) is 0 Å². The van der Waals surface area contributed by atoms with Crippen molar-refractivity contribution >= 4 is 11.5 Å². The van der Waals surface area contributed by atoms with Gasteiger partial charge in [-0.15, -0.1) is 5.10 Å². The van der Waals surface area contributed by atoms with Crippen molar-refractivity contribution in [1.82, 2.24) is 25.0 Å². The summed E-state index contributed by atoms with van der Waals surface area (Å²) in [6.07, 6.45) is 4.37. The van der Waals surface area contributed by atoms with E-state index in [4.69, 9.17) is 0 Å². The Morgan fingerprint density at radius 1 is 0.920 bits per heavy atom. The van der Waals surface area contributed by atoms with Gasteiger partial charge in [0.1, 0.15) is 0 Å². The molecule has 2 heterocycles. The van der Waals surface area contributed by atoms with Crippen LogP contribution in [0.4, 0.5) is 5.82 Å². The van der Waals surface area contributed by atoms with Crippen molar-refractivity contribution in [2.45, 2.75) is 12.3 Å². The minimum atomic E-state index is 0.325. The monoisotopic (exact) mass is 330 g/mol. The zero-order valence-electron chi connectivity index (χ0n) is 13.7. The molecule has 2 aromatic carbocycles. The number of benzene rings is 2. The quantitative estimate of drug-likeness (QED) is 0.588. The van der Waals surface area contributed by atoms with E-state index in [0.717, 1.165) is 13.0 Å². The molecule has 0 atom stereocenters. The Labute approximate surface area is 145 Å². The summed E-state index contributed by atoms with van der Waals surface area (Å²) in [6, 6.07) is 21.2. The Bertz CT molecular complexity index is 896. The van der Waals surface area contributed by atoms with Crippen LogP contribution in [0.3, 0.4) is 0 Å². The lowest BCUT2D eigenvalue weighted by atomic mass is 9.88. The Kier molecular flexibility index (Phi) is 4.33. The van der Waals surface area contributed by atoms with E-state index < -0.39 is 0 Å². The first-order valence-corrected chi connectivity index (χ1v) is 8.28. The van der Waals surface area contributed by atoms with Gasteiger partial charge in [-0.1, -0.05) is 60.7 Å². The van der Waals surface area contributed by atoms with Crippen LogP contribution in [0.25, 0.3) is 5.65 Å². The first kappa shape index (κ1) is 15.3. The predicted octanol–water partition coefficient (Wildman–Crippen LogP) is 3.15. The van der Waals surface area contributed by atoms with E-state index in [1.807, 2.05) is 12.1 Å². The number of fused-ring (bicyclic) bond motifs is 1. The molecule has 0 aliphatic rings. The van der Waals surface area contributed by atoms with E-state index >= 15 is 0 Å². The molecule has 0 fully saturated rings. The van der Waals surface area contributed by atoms with Gasteiger partial charge in [-0.05, 0) is 28.0 Å². The maximum atomic E-state index is 4.35. The van der Waals surface area contributed by atoms with Crippen LogP contribution in [0, 0.1) is 0 Å². The molecule has 6 nitrogen and oxygen atoms in total. The summed E-state index contributed by atoms with van der Waals surface area (Å²) in [5.74, 6) is 1.03. The molecule has 0 radical (unpaired) electrons. The van der Waals surface area contributed by atoms with Gasteiger partial charge in [0, 0.05) is 18.7 Å². The third-order valence-electron chi connectivity index (χ3n) is 4.25. The molecule has 0 amide bonds. The van der Waals surface area contributed by atoms with E-state index in [2.05, 4.69) is 74.4 Å². The first-order valence-electron chi connectivity index (χ1n) is 8.28. The zero-order chi connectivity index (χ0) is 16.9. The minimum Gasteiger partial charge on any atom is -0.367 e. The molecule has 4 rings (SSSR count). The van der Waals surface area contributed by atoms with E-state index in [1.165, 1.54) is 11.1 Å². The SMILES string of the molecule is c1ccc(C(CCNc2nccn3nnnc23)c2ccccc2)cc1.